The molecule has 498 valence electrons. The Hall–Kier alpha value is -1.94. The maximum Gasteiger partial charge on any atom is 0.472 e. The van der Waals surface area contributed by atoms with Crippen molar-refractivity contribution in [1.29, 1.82) is 0 Å². The zero-order valence-corrected chi connectivity index (χ0v) is 56.1. The minimum atomic E-state index is -4.95. The third kappa shape index (κ3) is 55.4. The fourth-order valence-corrected chi connectivity index (χ4v) is 11.1. The number of esters is 4. The molecular weight excluding hydrogens is 1110 g/mol. The zero-order chi connectivity index (χ0) is 62.4. The van der Waals surface area contributed by atoms with Gasteiger partial charge >= 0.3 is 39.5 Å². The Balaban J connectivity index is 5.25. The van der Waals surface area contributed by atoms with E-state index < -0.39 is 97.5 Å². The normalized spacial score (nSPS) is 15.3. The van der Waals surface area contributed by atoms with Crippen LogP contribution in [0.15, 0.2) is 0 Å². The van der Waals surface area contributed by atoms with E-state index in [1.165, 1.54) is 122 Å². The summed E-state index contributed by atoms with van der Waals surface area (Å²) < 4.78 is 68.0. The van der Waals surface area contributed by atoms with Crippen molar-refractivity contribution < 1.29 is 80.2 Å². The van der Waals surface area contributed by atoms with Crippen LogP contribution in [0.5, 0.6) is 0 Å². The number of rotatable bonds is 63. The van der Waals surface area contributed by atoms with E-state index in [0.29, 0.717) is 25.7 Å². The Morgan fingerprint density at radius 2 is 0.571 bits per heavy atom. The molecule has 0 bridgehead atoms. The van der Waals surface area contributed by atoms with E-state index in [0.717, 1.165) is 114 Å². The van der Waals surface area contributed by atoms with Crippen molar-refractivity contribution >= 4 is 39.5 Å². The first kappa shape index (κ1) is 82.1. The molecule has 0 radical (unpaired) electrons. The quantitative estimate of drug-likeness (QED) is 0.0222. The molecule has 19 heteroatoms. The Kier molecular flexibility index (Phi) is 55.0. The first-order valence-corrected chi connectivity index (χ1v) is 37.0. The summed E-state index contributed by atoms with van der Waals surface area (Å²) in [6, 6.07) is 0. The fraction of sp³-hybridized carbons (Fsp3) is 0.938. The number of carbonyl (C=O) groups is 4. The summed E-state index contributed by atoms with van der Waals surface area (Å²) >= 11 is 0. The second-order valence-corrected chi connectivity index (χ2v) is 27.1. The van der Waals surface area contributed by atoms with Crippen LogP contribution in [-0.2, 0) is 65.4 Å². The number of unbranched alkanes of at least 4 members (excludes halogenated alkanes) is 28. The van der Waals surface area contributed by atoms with Crippen molar-refractivity contribution in [2.24, 2.45) is 17.8 Å². The SMILES string of the molecule is CCCCCCCCCCC(=O)OC[C@H](COP(=O)(O)OC[C@H](O)COP(=O)(O)OC[C@@H](COC(=O)CCCCCCCCCCC(C)CC)OC(=O)CCCCCCCCCCCCC(C)CC)OC(=O)CCCCCCCCC(C)CC. The number of phosphoric ester groups is 2. The average molecular weight is 1240 g/mol. The lowest BCUT2D eigenvalue weighted by atomic mass is 9.99. The Morgan fingerprint density at radius 1 is 0.333 bits per heavy atom. The summed E-state index contributed by atoms with van der Waals surface area (Å²) in [6.45, 7) is 11.8. The van der Waals surface area contributed by atoms with Crippen LogP contribution < -0.4 is 0 Å². The van der Waals surface area contributed by atoms with Gasteiger partial charge in [-0.1, -0.05) is 267 Å². The van der Waals surface area contributed by atoms with Crippen LogP contribution in [0.3, 0.4) is 0 Å². The number of carbonyl (C=O) groups excluding carboxylic acids is 4. The number of ether oxygens (including phenoxy) is 4. The van der Waals surface area contributed by atoms with Crippen molar-refractivity contribution in [2.45, 2.75) is 336 Å². The largest absolute Gasteiger partial charge is 0.472 e. The number of hydrogen-bond acceptors (Lipinski definition) is 15. The average Bonchev–Trinajstić information content (AvgIpc) is 3.66. The van der Waals surface area contributed by atoms with E-state index in [2.05, 4.69) is 48.5 Å². The second kappa shape index (κ2) is 56.3. The minimum Gasteiger partial charge on any atom is -0.462 e. The molecule has 0 saturated carbocycles. The van der Waals surface area contributed by atoms with E-state index in [9.17, 15) is 43.2 Å². The molecule has 0 heterocycles. The lowest BCUT2D eigenvalue weighted by Crippen LogP contribution is -2.30. The molecule has 8 atom stereocenters. The number of hydrogen-bond donors (Lipinski definition) is 3. The Morgan fingerprint density at radius 3 is 0.845 bits per heavy atom. The van der Waals surface area contributed by atoms with Crippen molar-refractivity contribution in [3.63, 3.8) is 0 Å². The zero-order valence-electron chi connectivity index (χ0n) is 54.4. The molecule has 0 aromatic carbocycles. The van der Waals surface area contributed by atoms with E-state index in [-0.39, 0.29) is 25.7 Å². The molecule has 0 rings (SSSR count). The Bertz CT molecular complexity index is 1670. The monoisotopic (exact) mass is 1240 g/mol. The molecule has 0 spiro atoms. The van der Waals surface area contributed by atoms with Gasteiger partial charge in [0.15, 0.2) is 12.2 Å². The van der Waals surface area contributed by atoms with Gasteiger partial charge in [-0.15, -0.1) is 0 Å². The third-order valence-electron chi connectivity index (χ3n) is 16.0. The van der Waals surface area contributed by atoms with E-state index in [1.54, 1.807) is 0 Å². The van der Waals surface area contributed by atoms with Gasteiger partial charge in [0, 0.05) is 25.7 Å². The molecule has 0 fully saturated rings. The van der Waals surface area contributed by atoms with Crippen LogP contribution in [0, 0.1) is 17.8 Å². The molecular formula is C65H126O17P2. The highest BCUT2D eigenvalue weighted by atomic mass is 31.2. The summed E-state index contributed by atoms with van der Waals surface area (Å²) in [5, 5.41) is 10.5. The van der Waals surface area contributed by atoms with Crippen LogP contribution in [-0.4, -0.2) is 96.7 Å². The van der Waals surface area contributed by atoms with Gasteiger partial charge in [0.25, 0.3) is 0 Å². The second-order valence-electron chi connectivity index (χ2n) is 24.2. The van der Waals surface area contributed by atoms with Gasteiger partial charge in [0.05, 0.1) is 26.4 Å². The first-order chi connectivity index (χ1) is 40.3. The lowest BCUT2D eigenvalue weighted by Gasteiger charge is -2.21. The summed E-state index contributed by atoms with van der Waals surface area (Å²) in [7, 11) is -9.89. The lowest BCUT2D eigenvalue weighted by molar-refractivity contribution is -0.161. The van der Waals surface area contributed by atoms with Gasteiger partial charge < -0.3 is 33.8 Å². The summed E-state index contributed by atoms with van der Waals surface area (Å²) in [4.78, 5) is 72.2. The van der Waals surface area contributed by atoms with Crippen molar-refractivity contribution in [3.05, 3.63) is 0 Å². The van der Waals surface area contributed by atoms with Crippen LogP contribution in [0.25, 0.3) is 0 Å². The molecule has 0 aliphatic carbocycles. The van der Waals surface area contributed by atoms with Crippen molar-refractivity contribution in [2.75, 3.05) is 39.6 Å². The van der Waals surface area contributed by atoms with Gasteiger partial charge in [-0.05, 0) is 43.4 Å². The first-order valence-electron chi connectivity index (χ1n) is 34.0. The topological polar surface area (TPSA) is 237 Å². The molecule has 0 aromatic heterocycles. The van der Waals surface area contributed by atoms with Crippen LogP contribution >= 0.6 is 15.6 Å². The molecule has 0 amide bonds. The molecule has 0 aromatic rings. The van der Waals surface area contributed by atoms with Gasteiger partial charge in [-0.2, -0.15) is 0 Å². The molecule has 0 aliphatic heterocycles. The smallest absolute Gasteiger partial charge is 0.462 e. The van der Waals surface area contributed by atoms with E-state index in [1.807, 2.05) is 0 Å². The van der Waals surface area contributed by atoms with Gasteiger partial charge in [0.1, 0.15) is 19.3 Å². The highest BCUT2D eigenvalue weighted by molar-refractivity contribution is 7.47. The Labute approximate surface area is 511 Å². The van der Waals surface area contributed by atoms with Crippen molar-refractivity contribution in [3.8, 4) is 0 Å². The molecule has 84 heavy (non-hydrogen) atoms. The number of aliphatic hydroxyl groups is 1. The molecule has 3 N–H and O–H groups in total. The highest BCUT2D eigenvalue weighted by Gasteiger charge is 2.30. The standard InChI is InChI=1S/C65H126O17P2/c1-8-12-13-14-15-24-32-39-46-62(67)75-53-61(82-65(70)49-42-35-28-27-31-38-45-58(7)11-4)55-80-84(73,74)78-51-59(66)50-77-83(71,72)79-54-60(52-76-63(68)47-40-33-25-21-20-23-30-37-44-57(6)10-3)81-64(69)48-41-34-26-19-17-16-18-22-29-36-43-56(5)9-2/h56-61,66H,8-55H2,1-7H3,(H,71,72)(H,73,74)/t56?,57?,58?,59-,60-,61-/m1/s1. The van der Waals surface area contributed by atoms with Gasteiger partial charge in [-0.25, -0.2) is 9.13 Å². The van der Waals surface area contributed by atoms with Gasteiger partial charge in [0.2, 0.25) is 0 Å². The van der Waals surface area contributed by atoms with Crippen LogP contribution in [0.1, 0.15) is 318 Å². The molecule has 0 aliphatic rings. The number of aliphatic hydroxyl groups excluding tert-OH is 1. The van der Waals surface area contributed by atoms with Gasteiger partial charge in [-0.3, -0.25) is 37.3 Å². The summed E-state index contributed by atoms with van der Waals surface area (Å²) in [5.74, 6) is 0.162. The molecule has 5 unspecified atom stereocenters. The third-order valence-corrected chi connectivity index (χ3v) is 17.9. The van der Waals surface area contributed by atoms with E-state index >= 15 is 0 Å². The minimum absolute atomic E-state index is 0.102. The summed E-state index contributed by atoms with van der Waals surface area (Å²) in [6.07, 6.45) is 37.5. The highest BCUT2D eigenvalue weighted by Crippen LogP contribution is 2.45. The predicted octanol–water partition coefficient (Wildman–Crippen LogP) is 17.9. The van der Waals surface area contributed by atoms with Crippen molar-refractivity contribution in [1.82, 2.24) is 0 Å². The molecule has 17 nitrogen and oxygen atoms in total. The van der Waals surface area contributed by atoms with Crippen LogP contribution in [0.2, 0.25) is 0 Å². The fourth-order valence-electron chi connectivity index (χ4n) is 9.56. The maximum absolute atomic E-state index is 13.0. The van der Waals surface area contributed by atoms with E-state index in [4.69, 9.17) is 37.0 Å². The number of phosphoric acid groups is 2. The summed E-state index contributed by atoms with van der Waals surface area (Å²) in [5.41, 5.74) is 0. The maximum atomic E-state index is 13.0. The predicted molar refractivity (Wildman–Crippen MR) is 335 cm³/mol. The molecule has 0 saturated heterocycles. The van der Waals surface area contributed by atoms with Crippen LogP contribution in [0.4, 0.5) is 0 Å².